The Morgan fingerprint density at radius 2 is 1.71 bits per heavy atom. The lowest BCUT2D eigenvalue weighted by Gasteiger charge is -2.21. The topological polar surface area (TPSA) is 146 Å². The van der Waals surface area contributed by atoms with Gasteiger partial charge in [0.15, 0.2) is 6.61 Å². The van der Waals surface area contributed by atoms with Crippen LogP contribution >= 0.6 is 0 Å². The van der Waals surface area contributed by atoms with E-state index in [1.807, 2.05) is 6.92 Å². The minimum Gasteiger partial charge on any atom is -0.496 e. The molecule has 0 fully saturated rings. The first-order valence-corrected chi connectivity index (χ1v) is 10.5. The monoisotopic (exact) mass is 473 g/mol. The molecule has 1 atom stereocenters. The first-order valence-electron chi connectivity index (χ1n) is 10.5. The normalized spacial score (nSPS) is 11.3. The fourth-order valence-corrected chi connectivity index (χ4v) is 2.90. The first-order chi connectivity index (χ1) is 16.2. The van der Waals surface area contributed by atoms with E-state index in [9.17, 15) is 24.5 Å². The zero-order valence-corrected chi connectivity index (χ0v) is 19.3. The quantitative estimate of drug-likeness (QED) is 0.288. The van der Waals surface area contributed by atoms with Gasteiger partial charge in [-0.1, -0.05) is 13.8 Å². The number of hydrogen-bond acceptors (Lipinski definition) is 8. The highest BCUT2D eigenvalue weighted by Gasteiger charge is 2.27. The summed E-state index contributed by atoms with van der Waals surface area (Å²) < 4.78 is 15.3. The van der Waals surface area contributed by atoms with E-state index in [4.69, 9.17) is 14.2 Å². The van der Waals surface area contributed by atoms with Crippen molar-refractivity contribution in [3.63, 3.8) is 0 Å². The van der Waals surface area contributed by atoms with Crippen LogP contribution in [0.1, 0.15) is 31.1 Å². The molecule has 2 aromatic rings. The number of nitrogens with one attached hydrogen (secondary N) is 2. The molecule has 0 aliphatic rings. The van der Waals surface area contributed by atoms with Gasteiger partial charge in [-0.2, -0.15) is 0 Å². The number of rotatable bonds is 11. The van der Waals surface area contributed by atoms with Crippen LogP contribution in [0.5, 0.6) is 11.5 Å². The molecule has 0 spiro atoms. The summed E-state index contributed by atoms with van der Waals surface area (Å²) in [6.45, 7) is 5.07. The molecule has 0 unspecified atom stereocenters. The van der Waals surface area contributed by atoms with Crippen LogP contribution in [0.25, 0.3) is 0 Å². The molecule has 0 aliphatic heterocycles. The third-order valence-corrected chi connectivity index (χ3v) is 4.66. The molecule has 2 aromatic carbocycles. The summed E-state index contributed by atoms with van der Waals surface area (Å²) in [6, 6.07) is 9.32. The number of esters is 1. The average molecular weight is 473 g/mol. The molecule has 0 bridgehead atoms. The fraction of sp³-hybridized carbons (Fsp3) is 0.348. The van der Waals surface area contributed by atoms with Crippen molar-refractivity contribution in [2.45, 2.75) is 26.8 Å². The molecule has 0 aromatic heterocycles. The molecular weight excluding hydrogens is 446 g/mol. The standard InChI is InChI=1S/C23H27N3O8/c1-5-33-16-8-6-15(7-9-16)22(28)25-21(14(2)3)23(29)34-13-20(27)24-18-11-10-17(32-4)12-19(18)26(30)31/h6-12,14,21H,5,13H2,1-4H3,(H,24,27)(H,25,28)/t21-/m0/s1. The second-order valence-electron chi connectivity index (χ2n) is 7.45. The van der Waals surface area contributed by atoms with Gasteiger partial charge in [0.1, 0.15) is 23.2 Å². The predicted molar refractivity (Wildman–Crippen MR) is 123 cm³/mol. The molecule has 11 nitrogen and oxygen atoms in total. The highest BCUT2D eigenvalue weighted by molar-refractivity contribution is 5.98. The molecule has 2 N–H and O–H groups in total. The van der Waals surface area contributed by atoms with Gasteiger partial charge < -0.3 is 24.8 Å². The van der Waals surface area contributed by atoms with Crippen molar-refractivity contribution in [3.05, 3.63) is 58.1 Å². The van der Waals surface area contributed by atoms with E-state index in [0.29, 0.717) is 17.9 Å². The third kappa shape index (κ3) is 7.19. The van der Waals surface area contributed by atoms with E-state index in [0.717, 1.165) is 6.07 Å². The van der Waals surface area contributed by atoms with Crippen molar-refractivity contribution >= 4 is 29.2 Å². The number of carbonyl (C=O) groups is 3. The van der Waals surface area contributed by atoms with E-state index < -0.39 is 35.4 Å². The number of anilines is 1. The second kappa shape index (κ2) is 12.2. The van der Waals surface area contributed by atoms with Crippen molar-refractivity contribution in [2.75, 3.05) is 25.6 Å². The summed E-state index contributed by atoms with van der Waals surface area (Å²) in [7, 11) is 1.36. The number of nitrogens with zero attached hydrogens (tertiary/aromatic N) is 1. The summed E-state index contributed by atoms with van der Waals surface area (Å²) in [4.78, 5) is 47.9. The molecule has 182 valence electrons. The Hall–Kier alpha value is -4.15. The first kappa shape index (κ1) is 26.1. The van der Waals surface area contributed by atoms with E-state index in [1.54, 1.807) is 38.1 Å². The van der Waals surface area contributed by atoms with Gasteiger partial charge in [0.2, 0.25) is 0 Å². The van der Waals surface area contributed by atoms with Crippen molar-refractivity contribution in [1.29, 1.82) is 0 Å². The largest absolute Gasteiger partial charge is 0.496 e. The van der Waals surface area contributed by atoms with Crippen LogP contribution in [0.3, 0.4) is 0 Å². The maximum absolute atomic E-state index is 12.6. The average Bonchev–Trinajstić information content (AvgIpc) is 2.81. The Morgan fingerprint density at radius 1 is 1.06 bits per heavy atom. The van der Waals surface area contributed by atoms with Gasteiger partial charge in [0.25, 0.3) is 17.5 Å². The molecule has 11 heteroatoms. The Kier molecular flexibility index (Phi) is 9.36. The summed E-state index contributed by atoms with van der Waals surface area (Å²) in [5.74, 6) is -1.54. The molecule has 0 saturated carbocycles. The SMILES string of the molecule is CCOc1ccc(C(=O)N[C@H](C(=O)OCC(=O)Nc2ccc(OC)cc2[N+](=O)[O-])C(C)C)cc1. The molecule has 2 rings (SSSR count). The van der Waals surface area contributed by atoms with Gasteiger partial charge in [-0.15, -0.1) is 0 Å². The summed E-state index contributed by atoms with van der Waals surface area (Å²) in [5, 5.41) is 16.2. The highest BCUT2D eigenvalue weighted by atomic mass is 16.6. The minimum atomic E-state index is -1.01. The Morgan fingerprint density at radius 3 is 2.26 bits per heavy atom. The number of nitro groups is 1. The van der Waals surface area contributed by atoms with Crippen LogP contribution in [0, 0.1) is 16.0 Å². The lowest BCUT2D eigenvalue weighted by Crippen LogP contribution is -2.45. The third-order valence-electron chi connectivity index (χ3n) is 4.66. The van der Waals surface area contributed by atoms with Crippen LogP contribution < -0.4 is 20.1 Å². The number of ether oxygens (including phenoxy) is 3. The number of carbonyl (C=O) groups excluding carboxylic acids is 3. The number of hydrogen-bond donors (Lipinski definition) is 2. The van der Waals surface area contributed by atoms with Gasteiger partial charge in [-0.25, -0.2) is 4.79 Å². The van der Waals surface area contributed by atoms with Gasteiger partial charge in [0, 0.05) is 5.56 Å². The van der Waals surface area contributed by atoms with Crippen LogP contribution in [-0.4, -0.2) is 49.1 Å². The van der Waals surface area contributed by atoms with Crippen molar-refractivity contribution < 1.29 is 33.5 Å². The molecule has 0 heterocycles. The van der Waals surface area contributed by atoms with Gasteiger partial charge >= 0.3 is 5.97 Å². The van der Waals surface area contributed by atoms with Crippen LogP contribution in [0.15, 0.2) is 42.5 Å². The predicted octanol–water partition coefficient (Wildman–Crippen LogP) is 2.94. The lowest BCUT2D eigenvalue weighted by molar-refractivity contribution is -0.384. The molecule has 0 aliphatic carbocycles. The fourth-order valence-electron chi connectivity index (χ4n) is 2.90. The second-order valence-corrected chi connectivity index (χ2v) is 7.45. The number of benzene rings is 2. The molecule has 34 heavy (non-hydrogen) atoms. The van der Waals surface area contributed by atoms with E-state index in [1.165, 1.54) is 19.2 Å². The van der Waals surface area contributed by atoms with Crippen LogP contribution in [0.4, 0.5) is 11.4 Å². The molecule has 2 amide bonds. The Labute approximate surface area is 196 Å². The van der Waals surface area contributed by atoms with Gasteiger partial charge in [0.05, 0.1) is 24.7 Å². The molecule has 0 radical (unpaired) electrons. The maximum atomic E-state index is 12.6. The number of nitro benzene ring substituents is 1. The van der Waals surface area contributed by atoms with Gasteiger partial charge in [-0.05, 0) is 49.2 Å². The van der Waals surface area contributed by atoms with Crippen LogP contribution in [0.2, 0.25) is 0 Å². The summed E-state index contributed by atoms with van der Waals surface area (Å²) in [6.07, 6.45) is 0. The Balaban J connectivity index is 1.98. The summed E-state index contributed by atoms with van der Waals surface area (Å²) >= 11 is 0. The van der Waals surface area contributed by atoms with E-state index in [2.05, 4.69) is 10.6 Å². The van der Waals surface area contributed by atoms with E-state index in [-0.39, 0.29) is 23.0 Å². The van der Waals surface area contributed by atoms with Crippen molar-refractivity contribution in [2.24, 2.45) is 5.92 Å². The van der Waals surface area contributed by atoms with Gasteiger partial charge in [-0.3, -0.25) is 19.7 Å². The van der Waals surface area contributed by atoms with Crippen LogP contribution in [-0.2, 0) is 14.3 Å². The number of amides is 2. The summed E-state index contributed by atoms with van der Waals surface area (Å²) in [5.41, 5.74) is -0.121. The van der Waals surface area contributed by atoms with Crippen molar-refractivity contribution in [1.82, 2.24) is 5.32 Å². The number of methoxy groups -OCH3 is 1. The zero-order valence-electron chi connectivity index (χ0n) is 19.3. The van der Waals surface area contributed by atoms with Crippen molar-refractivity contribution in [3.8, 4) is 11.5 Å². The lowest BCUT2D eigenvalue weighted by atomic mass is 10.0. The zero-order chi connectivity index (χ0) is 25.3. The smallest absolute Gasteiger partial charge is 0.329 e. The minimum absolute atomic E-state index is 0.0731. The molecule has 0 saturated heterocycles. The molecular formula is C23H27N3O8. The Bertz CT molecular complexity index is 1040. The highest BCUT2D eigenvalue weighted by Crippen LogP contribution is 2.28. The van der Waals surface area contributed by atoms with E-state index >= 15 is 0 Å². The maximum Gasteiger partial charge on any atom is 0.329 e.